The van der Waals surface area contributed by atoms with Gasteiger partial charge in [0.15, 0.2) is 0 Å². The Morgan fingerprint density at radius 3 is 2.52 bits per heavy atom. The zero-order valence-electron chi connectivity index (χ0n) is 14.0. The van der Waals surface area contributed by atoms with Crippen LogP contribution in [0.2, 0.25) is 0 Å². The average molecular weight is 350 g/mol. The molecule has 136 valence electrons. The molecule has 25 heavy (non-hydrogen) atoms. The van der Waals surface area contributed by atoms with E-state index in [2.05, 4.69) is 21.9 Å². The van der Waals surface area contributed by atoms with Crippen LogP contribution in [0, 0.1) is 10.1 Å². The molecule has 0 spiro atoms. The summed E-state index contributed by atoms with van der Waals surface area (Å²) in [5.41, 5.74) is 0.992. The lowest BCUT2D eigenvalue weighted by Gasteiger charge is -2.35. The largest absolute Gasteiger partial charge is 0.497 e. The first-order chi connectivity index (χ1) is 12.0. The van der Waals surface area contributed by atoms with E-state index in [0.717, 1.165) is 55.2 Å². The number of piperazine rings is 1. The quantitative estimate of drug-likeness (QED) is 0.621. The van der Waals surface area contributed by atoms with Crippen molar-refractivity contribution in [2.75, 3.05) is 51.3 Å². The molecule has 0 atom stereocenters. The number of nitrogens with zero attached hydrogens (tertiary/aromatic N) is 4. The van der Waals surface area contributed by atoms with Gasteiger partial charge in [0.2, 0.25) is 0 Å². The Bertz CT molecular complexity index is 700. The Balaban J connectivity index is 0.000000511. The molecule has 1 aliphatic heterocycles. The van der Waals surface area contributed by atoms with Crippen LogP contribution in [0.25, 0.3) is 10.9 Å². The lowest BCUT2D eigenvalue weighted by atomic mass is 10.2. The van der Waals surface area contributed by atoms with Crippen molar-refractivity contribution >= 4 is 16.7 Å². The van der Waals surface area contributed by atoms with Gasteiger partial charge in [-0.2, -0.15) is 0 Å². The van der Waals surface area contributed by atoms with Gasteiger partial charge in [0.25, 0.3) is 5.09 Å². The monoisotopic (exact) mass is 350 g/mol. The van der Waals surface area contributed by atoms with Crippen molar-refractivity contribution in [2.45, 2.75) is 0 Å². The predicted molar refractivity (Wildman–Crippen MR) is 92.8 cm³/mol. The number of hydrogen-bond acceptors (Lipinski definition) is 7. The Morgan fingerprint density at radius 1 is 1.24 bits per heavy atom. The number of pyridine rings is 1. The average Bonchev–Trinajstić information content (AvgIpc) is 2.61. The first kappa shape index (κ1) is 18.7. The minimum atomic E-state index is -1.50. The molecule has 1 aliphatic rings. The van der Waals surface area contributed by atoms with Crippen molar-refractivity contribution in [1.29, 1.82) is 0 Å². The summed E-state index contributed by atoms with van der Waals surface area (Å²) < 4.78 is 5.24. The number of methoxy groups -OCH3 is 1. The molecule has 9 nitrogen and oxygen atoms in total. The van der Waals surface area contributed by atoms with Crippen molar-refractivity contribution in [3.63, 3.8) is 0 Å². The third-order valence-corrected chi connectivity index (χ3v) is 3.99. The van der Waals surface area contributed by atoms with Crippen LogP contribution in [-0.4, -0.2) is 71.7 Å². The maximum absolute atomic E-state index is 8.98. The van der Waals surface area contributed by atoms with Gasteiger partial charge < -0.3 is 20.0 Å². The van der Waals surface area contributed by atoms with Gasteiger partial charge in [0, 0.05) is 38.1 Å². The third-order valence-electron chi connectivity index (χ3n) is 3.99. The van der Waals surface area contributed by atoms with E-state index in [1.807, 2.05) is 18.2 Å². The molecule has 1 saturated heterocycles. The number of aliphatic hydroxyl groups is 1. The van der Waals surface area contributed by atoms with Crippen LogP contribution in [0.4, 0.5) is 5.82 Å². The lowest BCUT2D eigenvalue weighted by molar-refractivity contribution is -0.742. The van der Waals surface area contributed by atoms with Gasteiger partial charge in [-0.1, -0.05) is 0 Å². The van der Waals surface area contributed by atoms with E-state index in [0.29, 0.717) is 0 Å². The highest BCUT2D eigenvalue weighted by molar-refractivity contribution is 5.81. The molecule has 2 N–H and O–H groups in total. The van der Waals surface area contributed by atoms with E-state index in [-0.39, 0.29) is 6.61 Å². The number of β-amino-alcohol motifs (C(OH)–C–C–N with tert-alkyl or cyclic N) is 1. The molecule has 0 bridgehead atoms. The summed E-state index contributed by atoms with van der Waals surface area (Å²) in [5.74, 6) is 1.88. The molecule has 0 amide bonds. The minimum Gasteiger partial charge on any atom is -0.497 e. The summed E-state index contributed by atoms with van der Waals surface area (Å²) in [6, 6.07) is 10.1. The first-order valence-electron chi connectivity index (χ1n) is 7.89. The standard InChI is InChI=1S/C16H21N3O2.HNO3/c1-21-14-3-4-15-13(12-14)2-5-16(17-15)19-8-6-18(7-9-19)10-11-20;2-1(3)4/h2-5,12,20H,6-11H2,1H3;(H,2,3,4). The molecule has 0 radical (unpaired) electrons. The highest BCUT2D eigenvalue weighted by Gasteiger charge is 2.17. The van der Waals surface area contributed by atoms with Gasteiger partial charge in [-0.3, -0.25) is 4.90 Å². The van der Waals surface area contributed by atoms with Crippen LogP contribution in [0.15, 0.2) is 30.3 Å². The normalized spacial score (nSPS) is 14.7. The van der Waals surface area contributed by atoms with Crippen molar-refractivity contribution in [3.8, 4) is 5.75 Å². The highest BCUT2D eigenvalue weighted by Crippen LogP contribution is 2.23. The number of ether oxygens (including phenoxy) is 1. The maximum Gasteiger partial charge on any atom is 0.291 e. The zero-order valence-corrected chi connectivity index (χ0v) is 14.0. The summed E-state index contributed by atoms with van der Waals surface area (Å²) in [6.45, 7) is 4.85. The molecular formula is C16H22N4O5. The zero-order chi connectivity index (χ0) is 18.2. The SMILES string of the molecule is COc1ccc2nc(N3CCN(CCO)CC3)ccc2c1.O=[N+]([O-])O. The molecule has 1 aromatic carbocycles. The Morgan fingerprint density at radius 2 is 1.92 bits per heavy atom. The molecule has 0 unspecified atom stereocenters. The van der Waals surface area contributed by atoms with Gasteiger partial charge in [-0.25, -0.2) is 4.98 Å². The second kappa shape index (κ2) is 9.00. The number of hydrogen-bond donors (Lipinski definition) is 2. The topological polar surface area (TPSA) is 112 Å². The summed E-state index contributed by atoms with van der Waals surface area (Å²) >= 11 is 0. The Hall–Kier alpha value is -2.65. The maximum atomic E-state index is 8.98. The van der Waals surface area contributed by atoms with E-state index >= 15 is 0 Å². The lowest BCUT2D eigenvalue weighted by Crippen LogP contribution is -2.47. The van der Waals surface area contributed by atoms with Crippen molar-refractivity contribution in [3.05, 3.63) is 40.4 Å². The third kappa shape index (κ3) is 5.44. The summed E-state index contributed by atoms with van der Waals surface area (Å²) in [7, 11) is 1.68. The molecular weight excluding hydrogens is 328 g/mol. The van der Waals surface area contributed by atoms with Crippen LogP contribution in [0.3, 0.4) is 0 Å². The van der Waals surface area contributed by atoms with Crippen molar-refractivity contribution < 1.29 is 20.1 Å². The predicted octanol–water partition coefficient (Wildman–Crippen LogP) is 1.01. The second-order valence-electron chi connectivity index (χ2n) is 5.52. The fraction of sp³-hybridized carbons (Fsp3) is 0.438. The Kier molecular flexibility index (Phi) is 6.72. The molecule has 0 saturated carbocycles. The molecule has 2 aromatic rings. The van der Waals surface area contributed by atoms with E-state index in [1.54, 1.807) is 7.11 Å². The molecule has 9 heteroatoms. The number of anilines is 1. The number of rotatable bonds is 4. The van der Waals surface area contributed by atoms with Crippen LogP contribution < -0.4 is 9.64 Å². The van der Waals surface area contributed by atoms with Gasteiger partial charge in [0.05, 0.1) is 19.2 Å². The molecule has 1 aromatic heterocycles. The molecule has 1 fully saturated rings. The number of benzene rings is 1. The van der Waals surface area contributed by atoms with Gasteiger partial charge >= 0.3 is 0 Å². The van der Waals surface area contributed by atoms with E-state index in [1.165, 1.54) is 0 Å². The Labute approximate surface area is 145 Å². The highest BCUT2D eigenvalue weighted by atomic mass is 16.9. The number of aromatic nitrogens is 1. The van der Waals surface area contributed by atoms with Gasteiger partial charge in [-0.15, -0.1) is 10.1 Å². The van der Waals surface area contributed by atoms with Gasteiger partial charge in [-0.05, 0) is 30.3 Å². The number of aliphatic hydroxyl groups excluding tert-OH is 1. The molecule has 0 aliphatic carbocycles. The van der Waals surface area contributed by atoms with Gasteiger partial charge in [0.1, 0.15) is 11.6 Å². The number of fused-ring (bicyclic) bond motifs is 1. The van der Waals surface area contributed by atoms with Crippen LogP contribution in [-0.2, 0) is 0 Å². The minimum absolute atomic E-state index is 0.232. The van der Waals surface area contributed by atoms with Crippen LogP contribution in [0.1, 0.15) is 0 Å². The fourth-order valence-electron chi connectivity index (χ4n) is 2.74. The summed E-state index contributed by atoms with van der Waals surface area (Å²) in [4.78, 5) is 17.7. The first-order valence-corrected chi connectivity index (χ1v) is 7.89. The summed E-state index contributed by atoms with van der Waals surface area (Å²) in [5, 5.41) is 23.7. The van der Waals surface area contributed by atoms with Crippen molar-refractivity contribution in [1.82, 2.24) is 9.88 Å². The van der Waals surface area contributed by atoms with E-state index in [9.17, 15) is 0 Å². The van der Waals surface area contributed by atoms with Crippen molar-refractivity contribution in [2.24, 2.45) is 0 Å². The van der Waals surface area contributed by atoms with E-state index in [4.69, 9.17) is 30.1 Å². The molecule has 3 rings (SSSR count). The molecule has 2 heterocycles. The fourth-order valence-corrected chi connectivity index (χ4v) is 2.74. The second-order valence-corrected chi connectivity index (χ2v) is 5.52. The summed E-state index contributed by atoms with van der Waals surface area (Å²) in [6.07, 6.45) is 0. The smallest absolute Gasteiger partial charge is 0.291 e. The van der Waals surface area contributed by atoms with Crippen LogP contribution >= 0.6 is 0 Å². The van der Waals surface area contributed by atoms with Crippen LogP contribution in [0.5, 0.6) is 5.75 Å². The van der Waals surface area contributed by atoms with E-state index < -0.39 is 5.09 Å².